The van der Waals surface area contributed by atoms with E-state index in [1.165, 1.54) is 53.0 Å². The number of Topliss-reactive ketones (excluding diaryl/α,β-unsaturated/α-hetero) is 1. The van der Waals surface area contributed by atoms with Gasteiger partial charge >= 0.3 is 11.8 Å². The number of hydrogen-bond donors (Lipinski definition) is 8. The first-order valence-corrected chi connectivity index (χ1v) is 22.8. The SMILES string of the molecule is COC1C=COC2(C)Oc3c(C)c(O)c4c(O)c(c(C=NNC(=O)C(CO)(c5ccccc5)c5ccccc5)c(O)c4c3C2=O)NC(=O)C(C)=CC=CC(C)C(O)C(C)C(O)C(C)C(OC(C)=O)C1C. The number of carbonyl (C=O) groups excluding carboxylic acids is 4. The zero-order valence-corrected chi connectivity index (χ0v) is 40.5. The third kappa shape index (κ3) is 9.74. The average molecular weight is 964 g/mol. The monoisotopic (exact) mass is 963 g/mol. The summed E-state index contributed by atoms with van der Waals surface area (Å²) in [6.45, 7) is 11.5. The Morgan fingerprint density at radius 2 is 1.49 bits per heavy atom. The van der Waals surface area contributed by atoms with Crippen LogP contribution in [0.2, 0.25) is 0 Å². The number of aliphatic hydroxyl groups excluding tert-OH is 3. The van der Waals surface area contributed by atoms with Gasteiger partial charge in [-0.2, -0.15) is 5.10 Å². The van der Waals surface area contributed by atoms with Crippen molar-refractivity contribution in [2.75, 3.05) is 19.0 Å². The molecule has 8 N–H and O–H groups in total. The highest BCUT2D eigenvalue weighted by Crippen LogP contribution is 2.55. The second kappa shape index (κ2) is 21.3. The summed E-state index contributed by atoms with van der Waals surface area (Å²) in [4.78, 5) is 55.4. The molecule has 0 saturated carbocycles. The van der Waals surface area contributed by atoms with Crippen molar-refractivity contribution in [1.29, 1.82) is 0 Å². The lowest BCUT2D eigenvalue weighted by Crippen LogP contribution is -2.46. The summed E-state index contributed by atoms with van der Waals surface area (Å²) >= 11 is 0. The molecule has 7 rings (SSSR count). The van der Waals surface area contributed by atoms with Gasteiger partial charge in [-0.25, -0.2) is 5.43 Å². The molecule has 9 unspecified atom stereocenters. The molecule has 0 aliphatic carbocycles. The minimum Gasteiger partial charge on any atom is -0.507 e. The Morgan fingerprint density at radius 3 is 2.06 bits per heavy atom. The number of hydrazone groups is 1. The number of fused-ring (bicyclic) bond motifs is 14. The molecule has 4 aromatic rings. The smallest absolute Gasteiger partial charge is 0.312 e. The fraction of sp³-hybridized carbons (Fsp3) is 0.377. The number of hydrogen-bond acceptors (Lipinski definition) is 15. The Labute approximate surface area is 405 Å². The summed E-state index contributed by atoms with van der Waals surface area (Å²) in [5, 5.41) is 76.0. The lowest BCUT2D eigenvalue weighted by Gasteiger charge is -2.38. The van der Waals surface area contributed by atoms with Gasteiger partial charge in [0, 0.05) is 61.2 Å². The molecule has 372 valence electrons. The highest BCUT2D eigenvalue weighted by Gasteiger charge is 2.50. The molecule has 3 aliphatic heterocycles. The number of carbonyl (C=O) groups is 4. The summed E-state index contributed by atoms with van der Waals surface area (Å²) in [6, 6.07) is 17.0. The fourth-order valence-electron chi connectivity index (χ4n) is 9.25. The van der Waals surface area contributed by atoms with Gasteiger partial charge in [0.15, 0.2) is 5.75 Å². The van der Waals surface area contributed by atoms with Gasteiger partial charge in [0.05, 0.1) is 59.6 Å². The number of rotatable bonds is 8. The number of ether oxygens (including phenoxy) is 4. The maximum atomic E-state index is 14.6. The molecule has 0 fully saturated rings. The third-order valence-electron chi connectivity index (χ3n) is 13.6. The van der Waals surface area contributed by atoms with Gasteiger partial charge in [-0.1, -0.05) is 107 Å². The molecule has 3 aliphatic rings. The maximum Gasteiger partial charge on any atom is 0.312 e. The van der Waals surface area contributed by atoms with E-state index < -0.39 is 129 Å². The number of phenolic OH excluding ortho intramolecular Hbond substituents is 3. The van der Waals surface area contributed by atoms with E-state index in [2.05, 4.69) is 15.8 Å². The van der Waals surface area contributed by atoms with Crippen molar-refractivity contribution in [3.05, 3.63) is 125 Å². The van der Waals surface area contributed by atoms with Crippen LogP contribution in [0, 0.1) is 30.6 Å². The minimum absolute atomic E-state index is 0.0348. The Morgan fingerprint density at radius 1 is 0.871 bits per heavy atom. The largest absolute Gasteiger partial charge is 0.507 e. The second-order valence-electron chi connectivity index (χ2n) is 18.1. The van der Waals surface area contributed by atoms with E-state index in [0.717, 1.165) is 12.5 Å². The zero-order valence-electron chi connectivity index (χ0n) is 40.5. The Kier molecular flexibility index (Phi) is 15.9. The van der Waals surface area contributed by atoms with Crippen LogP contribution in [0.1, 0.15) is 81.1 Å². The quantitative estimate of drug-likeness (QED) is 0.0322. The van der Waals surface area contributed by atoms with Crippen LogP contribution >= 0.6 is 0 Å². The van der Waals surface area contributed by atoms with E-state index >= 15 is 0 Å². The molecule has 0 spiro atoms. The van der Waals surface area contributed by atoms with Gasteiger partial charge in [0.25, 0.3) is 17.6 Å². The Balaban J connectivity index is 1.53. The number of phenols is 3. The van der Waals surface area contributed by atoms with Crippen LogP contribution in [0.3, 0.4) is 0 Å². The number of benzene rings is 4. The number of nitrogens with zero attached hydrogens (tertiary/aromatic N) is 1. The van der Waals surface area contributed by atoms with Crippen LogP contribution in [0.4, 0.5) is 5.69 Å². The number of methoxy groups -OCH3 is 1. The number of esters is 1. The molecular weight excluding hydrogens is 903 g/mol. The van der Waals surface area contributed by atoms with E-state index in [4.69, 9.17) is 18.9 Å². The predicted molar refractivity (Wildman–Crippen MR) is 260 cm³/mol. The van der Waals surface area contributed by atoms with E-state index in [1.54, 1.807) is 94.4 Å². The average Bonchev–Trinajstić information content (AvgIpc) is 3.61. The zero-order chi connectivity index (χ0) is 51.4. The number of nitrogens with one attached hydrogen (secondary N) is 2. The van der Waals surface area contributed by atoms with Crippen molar-refractivity contribution in [3.8, 4) is 23.0 Å². The molecule has 17 nitrogen and oxygen atoms in total. The van der Waals surface area contributed by atoms with Crippen molar-refractivity contribution >= 4 is 46.2 Å². The van der Waals surface area contributed by atoms with Gasteiger partial charge in [-0.3, -0.25) is 19.2 Å². The molecule has 0 saturated heterocycles. The summed E-state index contributed by atoms with van der Waals surface area (Å²) in [5.74, 6) is -10.3. The highest BCUT2D eigenvalue weighted by atomic mass is 16.7. The molecule has 17 heteroatoms. The topological polar surface area (TPSA) is 263 Å². The number of ketones is 1. The van der Waals surface area contributed by atoms with Gasteiger partial charge in [0.1, 0.15) is 28.8 Å². The predicted octanol–water partition coefficient (Wildman–Crippen LogP) is 6.18. The van der Waals surface area contributed by atoms with Crippen LogP contribution in [-0.2, 0) is 34.0 Å². The van der Waals surface area contributed by atoms with E-state index in [0.29, 0.717) is 11.1 Å². The molecule has 0 radical (unpaired) electrons. The normalized spacial score (nSPS) is 25.6. The first-order chi connectivity index (χ1) is 33.2. The Hall–Kier alpha value is -7.05. The van der Waals surface area contributed by atoms with Gasteiger partial charge in [0.2, 0.25) is 0 Å². The Bertz CT molecular complexity index is 2710. The van der Waals surface area contributed by atoms with Crippen molar-refractivity contribution < 1.29 is 68.8 Å². The molecule has 70 heavy (non-hydrogen) atoms. The second-order valence-corrected chi connectivity index (χ2v) is 18.1. The van der Waals surface area contributed by atoms with Crippen molar-refractivity contribution in [3.63, 3.8) is 0 Å². The minimum atomic E-state index is -2.16. The molecule has 3 heterocycles. The molecule has 4 aromatic carbocycles. The first-order valence-electron chi connectivity index (χ1n) is 22.8. The van der Waals surface area contributed by atoms with Gasteiger partial charge in [-0.05, 0) is 31.1 Å². The van der Waals surface area contributed by atoms with Gasteiger partial charge < -0.3 is 54.9 Å². The number of aliphatic hydroxyl groups is 3. The fourth-order valence-corrected chi connectivity index (χ4v) is 9.25. The van der Waals surface area contributed by atoms with Gasteiger partial charge in [-0.15, -0.1) is 0 Å². The lowest BCUT2D eigenvalue weighted by atomic mass is 9.74. The maximum absolute atomic E-state index is 14.6. The molecule has 0 aromatic heterocycles. The molecule has 5 bridgehead atoms. The van der Waals surface area contributed by atoms with E-state index in [1.807, 2.05) is 0 Å². The number of amides is 2. The molecule has 9 atom stereocenters. The summed E-state index contributed by atoms with van der Waals surface area (Å²) in [6.07, 6.45) is 4.00. The van der Waals surface area contributed by atoms with Crippen molar-refractivity contribution in [2.45, 2.75) is 91.0 Å². The van der Waals surface area contributed by atoms with Crippen LogP contribution in [-0.4, -0.2) is 104 Å². The van der Waals surface area contributed by atoms with Crippen LogP contribution < -0.4 is 15.5 Å². The highest BCUT2D eigenvalue weighted by molar-refractivity contribution is 6.24. The number of allylic oxidation sites excluding steroid dienone is 2. The summed E-state index contributed by atoms with van der Waals surface area (Å²) in [7, 11) is 1.41. The van der Waals surface area contributed by atoms with Crippen LogP contribution in [0.15, 0.2) is 102 Å². The molecule has 2 amide bonds. The number of anilines is 1. The third-order valence-corrected chi connectivity index (χ3v) is 13.6. The standard InChI is InChI=1S/C53H61N3O14/c1-27-17-16-18-28(2)50(65)55-41-36(25-54-56-51(66)53(26-57,34-19-12-10-13-20-34)35-21-14-11-15-22-35)45(62)38-39(46(41)63)44(61)32(6)48-40(38)49(64)52(8,70-48)68-24-23-37(67-9)29(3)47(69-33(7)58)31(5)43(60)30(4)42(27)59/h10-25,27,29-31,37,42-43,47,57,59-63H,26H2,1-9H3,(H,55,65)(H,56,66). The summed E-state index contributed by atoms with van der Waals surface area (Å²) in [5.41, 5.74) is 0.439. The van der Waals surface area contributed by atoms with Crippen LogP contribution in [0.25, 0.3) is 10.8 Å². The number of aromatic hydroxyl groups is 3. The first kappa shape index (κ1) is 52.3. The van der Waals surface area contributed by atoms with Crippen molar-refractivity contribution in [1.82, 2.24) is 5.43 Å². The van der Waals surface area contributed by atoms with Crippen LogP contribution in [0.5, 0.6) is 23.0 Å². The molecular formula is C53H61N3O14. The lowest BCUT2D eigenvalue weighted by molar-refractivity contribution is -0.160. The van der Waals surface area contributed by atoms with E-state index in [9.17, 15) is 49.8 Å². The summed E-state index contributed by atoms with van der Waals surface area (Å²) < 4.78 is 23.6. The van der Waals surface area contributed by atoms with E-state index in [-0.39, 0.29) is 22.4 Å². The van der Waals surface area contributed by atoms with Crippen molar-refractivity contribution in [2.24, 2.45) is 28.8 Å².